The van der Waals surface area contributed by atoms with Gasteiger partial charge in [0, 0.05) is 20.6 Å². The molecule has 0 aromatic heterocycles. The lowest BCUT2D eigenvalue weighted by molar-refractivity contribution is -0.127. The van der Waals surface area contributed by atoms with Crippen LogP contribution < -0.4 is 10.1 Å². The number of hydrogen-bond acceptors (Lipinski definition) is 4. The zero-order valence-electron chi connectivity index (χ0n) is 14.8. The monoisotopic (exact) mass is 396 g/mol. The molecular formula is C18H21ClN2O4S. The van der Waals surface area contributed by atoms with Crippen LogP contribution in [0.5, 0.6) is 5.75 Å². The molecule has 1 atom stereocenters. The summed E-state index contributed by atoms with van der Waals surface area (Å²) < 4.78 is 30.8. The number of hydrogen-bond donors (Lipinski definition) is 1. The van der Waals surface area contributed by atoms with Crippen molar-refractivity contribution in [2.75, 3.05) is 14.1 Å². The van der Waals surface area contributed by atoms with E-state index in [2.05, 4.69) is 5.32 Å². The molecule has 8 heteroatoms. The molecule has 0 heterocycles. The number of nitrogens with one attached hydrogen (secondary N) is 1. The van der Waals surface area contributed by atoms with Crippen LogP contribution >= 0.6 is 11.6 Å². The molecule has 0 fully saturated rings. The van der Waals surface area contributed by atoms with Crippen LogP contribution in [-0.4, -0.2) is 38.8 Å². The summed E-state index contributed by atoms with van der Waals surface area (Å²) >= 11 is 6.01. The predicted molar refractivity (Wildman–Crippen MR) is 101 cm³/mol. The highest BCUT2D eigenvalue weighted by atomic mass is 35.5. The number of amides is 1. The van der Waals surface area contributed by atoms with E-state index in [0.29, 0.717) is 10.8 Å². The van der Waals surface area contributed by atoms with Crippen LogP contribution in [0.2, 0.25) is 5.02 Å². The molecule has 0 aliphatic carbocycles. The van der Waals surface area contributed by atoms with E-state index in [1.807, 2.05) is 0 Å². The van der Waals surface area contributed by atoms with Gasteiger partial charge in [-0.15, -0.1) is 0 Å². The molecule has 2 aromatic rings. The number of rotatable bonds is 7. The van der Waals surface area contributed by atoms with E-state index in [9.17, 15) is 13.2 Å². The molecule has 0 saturated heterocycles. The van der Waals surface area contributed by atoms with Crippen molar-refractivity contribution in [1.82, 2.24) is 9.62 Å². The molecule has 2 aromatic carbocycles. The summed E-state index contributed by atoms with van der Waals surface area (Å²) in [5.74, 6) is 0.143. The molecule has 2 rings (SSSR count). The maximum Gasteiger partial charge on any atom is 0.261 e. The number of nitrogens with zero attached hydrogens (tertiary/aromatic N) is 1. The van der Waals surface area contributed by atoms with Crippen LogP contribution in [0.3, 0.4) is 0 Å². The molecular weight excluding hydrogens is 376 g/mol. The van der Waals surface area contributed by atoms with Crippen LogP contribution in [0, 0.1) is 0 Å². The fourth-order valence-corrected chi connectivity index (χ4v) is 3.19. The maximum atomic E-state index is 12.2. The van der Waals surface area contributed by atoms with E-state index in [0.717, 1.165) is 9.87 Å². The number of sulfonamides is 1. The molecule has 0 spiro atoms. The van der Waals surface area contributed by atoms with E-state index >= 15 is 0 Å². The molecule has 1 amide bonds. The molecule has 6 nitrogen and oxygen atoms in total. The van der Waals surface area contributed by atoms with Crippen LogP contribution in [0.4, 0.5) is 0 Å². The van der Waals surface area contributed by atoms with Crippen LogP contribution in [-0.2, 0) is 21.4 Å². The van der Waals surface area contributed by atoms with Gasteiger partial charge in [0.2, 0.25) is 10.0 Å². The second kappa shape index (κ2) is 8.53. The van der Waals surface area contributed by atoms with Gasteiger partial charge in [0.15, 0.2) is 6.10 Å². The predicted octanol–water partition coefficient (Wildman–Crippen LogP) is 2.67. The Bertz CT molecular complexity index is 867. The largest absolute Gasteiger partial charge is 0.479 e. The minimum atomic E-state index is -3.46. The molecule has 1 unspecified atom stereocenters. The lowest BCUT2D eigenvalue weighted by atomic mass is 10.2. The van der Waals surface area contributed by atoms with E-state index in [-0.39, 0.29) is 17.3 Å². The standard InChI is InChI=1S/C18H21ClN2O4S/c1-13(25-17-7-5-4-6-16(17)19)18(22)20-12-14-8-10-15(11-9-14)26(23,24)21(2)3/h4-11,13H,12H2,1-3H3,(H,20,22). The highest BCUT2D eigenvalue weighted by Crippen LogP contribution is 2.24. The van der Waals surface area contributed by atoms with Crippen molar-refractivity contribution < 1.29 is 17.9 Å². The van der Waals surface area contributed by atoms with Gasteiger partial charge in [-0.25, -0.2) is 12.7 Å². The molecule has 140 valence electrons. The van der Waals surface area contributed by atoms with Crippen molar-refractivity contribution in [3.8, 4) is 5.75 Å². The van der Waals surface area contributed by atoms with Gasteiger partial charge in [-0.2, -0.15) is 0 Å². The van der Waals surface area contributed by atoms with Crippen molar-refractivity contribution >= 4 is 27.5 Å². The number of carbonyl (C=O) groups excluding carboxylic acids is 1. The molecule has 0 aliphatic rings. The molecule has 0 aliphatic heterocycles. The summed E-state index contributed by atoms with van der Waals surface area (Å²) in [5.41, 5.74) is 0.779. The fraction of sp³-hybridized carbons (Fsp3) is 0.278. The number of halogens is 1. The third kappa shape index (κ3) is 4.97. The third-order valence-corrected chi connectivity index (χ3v) is 5.82. The van der Waals surface area contributed by atoms with E-state index in [4.69, 9.17) is 16.3 Å². The van der Waals surface area contributed by atoms with Crippen molar-refractivity contribution in [3.05, 3.63) is 59.1 Å². The normalized spacial score (nSPS) is 12.7. The number of ether oxygens (including phenoxy) is 1. The highest BCUT2D eigenvalue weighted by Gasteiger charge is 2.18. The quantitative estimate of drug-likeness (QED) is 0.780. The topological polar surface area (TPSA) is 75.7 Å². The van der Waals surface area contributed by atoms with Gasteiger partial charge in [-0.3, -0.25) is 4.79 Å². The third-order valence-electron chi connectivity index (χ3n) is 3.68. The Morgan fingerprint density at radius 1 is 1.15 bits per heavy atom. The zero-order valence-corrected chi connectivity index (χ0v) is 16.3. The van der Waals surface area contributed by atoms with Gasteiger partial charge in [-0.1, -0.05) is 35.9 Å². The Balaban J connectivity index is 1.94. The first-order valence-electron chi connectivity index (χ1n) is 7.92. The fourth-order valence-electron chi connectivity index (χ4n) is 2.11. The molecule has 0 saturated carbocycles. The first-order chi connectivity index (χ1) is 12.2. The Morgan fingerprint density at radius 2 is 1.77 bits per heavy atom. The van der Waals surface area contributed by atoms with Crippen molar-refractivity contribution in [2.45, 2.75) is 24.5 Å². The summed E-state index contributed by atoms with van der Waals surface area (Å²) in [6, 6.07) is 13.3. The van der Waals surface area contributed by atoms with E-state index < -0.39 is 16.1 Å². The number of carbonyl (C=O) groups is 1. The Hall–Kier alpha value is -2.09. The van der Waals surface area contributed by atoms with Crippen molar-refractivity contribution in [2.24, 2.45) is 0 Å². The second-order valence-corrected chi connectivity index (χ2v) is 8.40. The first kappa shape index (κ1) is 20.2. The van der Waals surface area contributed by atoms with Crippen LogP contribution in [0.15, 0.2) is 53.4 Å². The number of benzene rings is 2. The summed E-state index contributed by atoms with van der Waals surface area (Å²) in [4.78, 5) is 12.4. The van der Waals surface area contributed by atoms with Gasteiger partial charge >= 0.3 is 0 Å². The molecule has 26 heavy (non-hydrogen) atoms. The van der Waals surface area contributed by atoms with Crippen LogP contribution in [0.1, 0.15) is 12.5 Å². The zero-order chi connectivity index (χ0) is 19.3. The van der Waals surface area contributed by atoms with Crippen molar-refractivity contribution in [1.29, 1.82) is 0 Å². The average molecular weight is 397 g/mol. The Kier molecular flexibility index (Phi) is 6.63. The maximum absolute atomic E-state index is 12.2. The summed E-state index contributed by atoms with van der Waals surface area (Å²) in [6.07, 6.45) is -0.719. The molecule has 0 radical (unpaired) electrons. The minimum absolute atomic E-state index is 0.202. The van der Waals surface area contributed by atoms with Gasteiger partial charge in [0.1, 0.15) is 5.75 Å². The minimum Gasteiger partial charge on any atom is -0.479 e. The van der Waals surface area contributed by atoms with Gasteiger partial charge in [0.25, 0.3) is 5.91 Å². The summed E-state index contributed by atoms with van der Waals surface area (Å²) in [5, 5.41) is 3.19. The number of para-hydroxylation sites is 1. The van der Waals surface area contributed by atoms with Crippen molar-refractivity contribution in [3.63, 3.8) is 0 Å². The van der Waals surface area contributed by atoms with E-state index in [1.54, 1.807) is 43.3 Å². The van der Waals surface area contributed by atoms with Gasteiger partial charge < -0.3 is 10.1 Å². The van der Waals surface area contributed by atoms with Gasteiger partial charge in [0.05, 0.1) is 9.92 Å². The highest BCUT2D eigenvalue weighted by molar-refractivity contribution is 7.89. The van der Waals surface area contributed by atoms with Gasteiger partial charge in [-0.05, 0) is 36.8 Å². The summed E-state index contributed by atoms with van der Waals surface area (Å²) in [7, 11) is -0.511. The van der Waals surface area contributed by atoms with E-state index in [1.165, 1.54) is 26.2 Å². The second-order valence-electron chi connectivity index (χ2n) is 5.84. The summed E-state index contributed by atoms with van der Waals surface area (Å²) in [6.45, 7) is 1.89. The Morgan fingerprint density at radius 3 is 2.35 bits per heavy atom. The first-order valence-corrected chi connectivity index (χ1v) is 9.74. The molecule has 1 N–H and O–H groups in total. The molecule has 0 bridgehead atoms. The SMILES string of the molecule is CC(Oc1ccccc1Cl)C(=O)NCc1ccc(S(=O)(=O)N(C)C)cc1. The average Bonchev–Trinajstić information content (AvgIpc) is 2.61. The lowest BCUT2D eigenvalue weighted by Crippen LogP contribution is -2.35. The van der Waals surface area contributed by atoms with Crippen LogP contribution in [0.25, 0.3) is 0 Å². The smallest absolute Gasteiger partial charge is 0.261 e. The lowest BCUT2D eigenvalue weighted by Gasteiger charge is -2.16. The Labute approximate surface area is 158 Å².